The molecule has 1 N–H and O–H groups in total. The summed E-state index contributed by atoms with van der Waals surface area (Å²) >= 11 is 0. The van der Waals surface area contributed by atoms with Crippen molar-refractivity contribution in [3.8, 4) is 0 Å². The van der Waals surface area contributed by atoms with Crippen LogP contribution in [0.3, 0.4) is 0 Å². The highest BCUT2D eigenvalue weighted by Gasteiger charge is 2.07. The minimum absolute atomic E-state index is 0.205. The van der Waals surface area contributed by atoms with E-state index in [4.69, 9.17) is 0 Å². The van der Waals surface area contributed by atoms with Crippen molar-refractivity contribution in [3.63, 3.8) is 0 Å². The topological polar surface area (TPSA) is 37.8 Å². The van der Waals surface area contributed by atoms with Crippen molar-refractivity contribution in [1.29, 1.82) is 0 Å². The first-order valence-corrected chi connectivity index (χ1v) is 6.80. The molecule has 4 heteroatoms. The van der Waals surface area contributed by atoms with Crippen molar-refractivity contribution in [2.45, 2.75) is 40.2 Å². The highest BCUT2D eigenvalue weighted by atomic mass is 19.1. The fraction of sp³-hybridized carbons (Fsp3) is 0.375. The van der Waals surface area contributed by atoms with E-state index >= 15 is 0 Å². The van der Waals surface area contributed by atoms with Gasteiger partial charge in [-0.2, -0.15) is 5.10 Å². The number of benzene rings is 1. The van der Waals surface area contributed by atoms with E-state index in [0.29, 0.717) is 12.5 Å². The third kappa shape index (κ3) is 3.32. The van der Waals surface area contributed by atoms with Gasteiger partial charge in [-0.05, 0) is 54.7 Å². The van der Waals surface area contributed by atoms with Crippen LogP contribution in [0.15, 0.2) is 24.3 Å². The summed E-state index contributed by atoms with van der Waals surface area (Å²) in [7, 11) is 0. The van der Waals surface area contributed by atoms with Gasteiger partial charge in [-0.15, -0.1) is 5.10 Å². The Bertz CT molecular complexity index is 609. The third-order valence-electron chi connectivity index (χ3n) is 3.33. The molecular formula is C16H20FN3. The van der Waals surface area contributed by atoms with Gasteiger partial charge in [0.15, 0.2) is 0 Å². The lowest BCUT2D eigenvalue weighted by molar-refractivity contribution is 0.625. The average Bonchev–Trinajstić information content (AvgIpc) is 2.37. The van der Waals surface area contributed by atoms with E-state index < -0.39 is 0 Å². The Hall–Kier alpha value is -1.97. The van der Waals surface area contributed by atoms with Crippen LogP contribution in [-0.4, -0.2) is 10.2 Å². The Balaban J connectivity index is 2.09. The van der Waals surface area contributed by atoms with Crippen LogP contribution < -0.4 is 5.32 Å². The van der Waals surface area contributed by atoms with Crippen LogP contribution in [0.2, 0.25) is 0 Å². The molecule has 0 fully saturated rings. The number of halogens is 1. The molecule has 0 spiro atoms. The molecule has 1 aromatic heterocycles. The molecule has 0 radical (unpaired) electrons. The number of nitrogens with one attached hydrogen (secondary N) is 1. The van der Waals surface area contributed by atoms with Crippen LogP contribution in [0.4, 0.5) is 10.2 Å². The molecule has 0 amide bonds. The molecule has 2 rings (SSSR count). The molecule has 0 unspecified atom stereocenters. The summed E-state index contributed by atoms with van der Waals surface area (Å²) in [5.41, 5.74) is 4.14. The zero-order valence-electron chi connectivity index (χ0n) is 12.4. The molecule has 0 bridgehead atoms. The number of rotatable bonds is 4. The molecule has 0 aliphatic rings. The molecular weight excluding hydrogens is 253 g/mol. The summed E-state index contributed by atoms with van der Waals surface area (Å²) in [5, 5.41) is 11.7. The van der Waals surface area contributed by atoms with Crippen LogP contribution in [0, 0.1) is 19.7 Å². The fourth-order valence-corrected chi connectivity index (χ4v) is 2.20. The molecule has 0 saturated carbocycles. The van der Waals surface area contributed by atoms with Gasteiger partial charge in [0.25, 0.3) is 0 Å². The van der Waals surface area contributed by atoms with E-state index in [1.165, 1.54) is 12.1 Å². The summed E-state index contributed by atoms with van der Waals surface area (Å²) < 4.78 is 13.0. The highest BCUT2D eigenvalue weighted by Crippen LogP contribution is 2.18. The van der Waals surface area contributed by atoms with Crippen molar-refractivity contribution >= 4 is 5.82 Å². The second-order valence-corrected chi connectivity index (χ2v) is 5.38. The van der Waals surface area contributed by atoms with Gasteiger partial charge >= 0.3 is 0 Å². The van der Waals surface area contributed by atoms with Crippen molar-refractivity contribution in [1.82, 2.24) is 10.2 Å². The maximum absolute atomic E-state index is 13.0. The maximum atomic E-state index is 13.0. The molecule has 1 aromatic carbocycles. The smallest absolute Gasteiger partial charge is 0.149 e. The summed E-state index contributed by atoms with van der Waals surface area (Å²) in [6.45, 7) is 8.76. The summed E-state index contributed by atoms with van der Waals surface area (Å²) in [6.07, 6.45) is 0. The van der Waals surface area contributed by atoms with Gasteiger partial charge in [0, 0.05) is 6.54 Å². The Morgan fingerprint density at radius 1 is 1.10 bits per heavy atom. The molecule has 1 heterocycles. The lowest BCUT2D eigenvalue weighted by Gasteiger charge is -2.11. The predicted molar refractivity (Wildman–Crippen MR) is 79.3 cm³/mol. The van der Waals surface area contributed by atoms with Crippen molar-refractivity contribution in [3.05, 3.63) is 52.5 Å². The number of hydrogen-bond acceptors (Lipinski definition) is 3. The van der Waals surface area contributed by atoms with E-state index in [1.54, 1.807) is 6.07 Å². The largest absolute Gasteiger partial charge is 0.364 e. The molecule has 2 aromatic rings. The molecule has 0 atom stereocenters. The number of hydrogen-bond donors (Lipinski definition) is 1. The minimum Gasteiger partial charge on any atom is -0.364 e. The molecule has 3 nitrogen and oxygen atoms in total. The van der Waals surface area contributed by atoms with E-state index in [0.717, 1.165) is 28.2 Å². The molecule has 106 valence electrons. The van der Waals surface area contributed by atoms with Crippen LogP contribution in [0.25, 0.3) is 0 Å². The van der Waals surface area contributed by atoms with Gasteiger partial charge < -0.3 is 5.32 Å². The van der Waals surface area contributed by atoms with Gasteiger partial charge in [-0.25, -0.2) is 4.39 Å². The number of anilines is 1. The summed E-state index contributed by atoms with van der Waals surface area (Å²) in [4.78, 5) is 0. The number of nitrogens with zero attached hydrogens (tertiary/aromatic N) is 2. The first-order valence-electron chi connectivity index (χ1n) is 6.80. The van der Waals surface area contributed by atoms with E-state index in [2.05, 4.69) is 29.4 Å². The third-order valence-corrected chi connectivity index (χ3v) is 3.33. The number of aryl methyl sites for hydroxylation is 2. The maximum Gasteiger partial charge on any atom is 0.149 e. The Morgan fingerprint density at radius 3 is 2.45 bits per heavy atom. The standard InChI is InChI=1S/C16H20FN3/c1-10(2)16-12(4)8-15(19-20-16)18-9-13-5-6-14(17)7-11(13)3/h5-8,10H,9H2,1-4H3,(H,18,19). The van der Waals surface area contributed by atoms with Crippen LogP contribution in [0.1, 0.15) is 42.1 Å². The second kappa shape index (κ2) is 5.99. The SMILES string of the molecule is Cc1cc(F)ccc1CNc1cc(C)c(C(C)C)nn1. The van der Waals surface area contributed by atoms with E-state index in [9.17, 15) is 4.39 Å². The number of aromatic nitrogens is 2. The molecule has 0 aliphatic carbocycles. The highest BCUT2D eigenvalue weighted by molar-refractivity contribution is 5.40. The Morgan fingerprint density at radius 2 is 1.85 bits per heavy atom. The fourth-order valence-electron chi connectivity index (χ4n) is 2.20. The summed E-state index contributed by atoms with van der Waals surface area (Å²) in [6, 6.07) is 6.81. The Labute approximate surface area is 119 Å². The van der Waals surface area contributed by atoms with Crippen molar-refractivity contribution in [2.24, 2.45) is 0 Å². The zero-order valence-corrected chi connectivity index (χ0v) is 12.4. The molecule has 0 saturated heterocycles. The Kier molecular flexibility index (Phi) is 4.32. The minimum atomic E-state index is -0.205. The normalized spacial score (nSPS) is 10.9. The monoisotopic (exact) mass is 273 g/mol. The lowest BCUT2D eigenvalue weighted by Crippen LogP contribution is -2.07. The van der Waals surface area contributed by atoms with Gasteiger partial charge in [-0.1, -0.05) is 19.9 Å². The van der Waals surface area contributed by atoms with Gasteiger partial charge in [-0.3, -0.25) is 0 Å². The first kappa shape index (κ1) is 14.4. The second-order valence-electron chi connectivity index (χ2n) is 5.38. The van der Waals surface area contributed by atoms with E-state index in [-0.39, 0.29) is 5.82 Å². The molecule has 0 aliphatic heterocycles. The summed E-state index contributed by atoms with van der Waals surface area (Å²) in [5.74, 6) is 0.912. The van der Waals surface area contributed by atoms with Crippen LogP contribution in [0.5, 0.6) is 0 Å². The first-order chi connectivity index (χ1) is 9.47. The zero-order chi connectivity index (χ0) is 14.7. The van der Waals surface area contributed by atoms with Crippen molar-refractivity contribution < 1.29 is 4.39 Å². The average molecular weight is 273 g/mol. The van der Waals surface area contributed by atoms with Gasteiger partial charge in [0.1, 0.15) is 11.6 Å². The van der Waals surface area contributed by atoms with E-state index in [1.807, 2.05) is 19.9 Å². The molecule has 20 heavy (non-hydrogen) atoms. The van der Waals surface area contributed by atoms with Gasteiger partial charge in [0.05, 0.1) is 5.69 Å². The quantitative estimate of drug-likeness (QED) is 0.916. The lowest BCUT2D eigenvalue weighted by atomic mass is 10.1. The predicted octanol–water partition coefficient (Wildman–Crippen LogP) is 3.97. The van der Waals surface area contributed by atoms with Crippen LogP contribution in [-0.2, 0) is 6.54 Å². The van der Waals surface area contributed by atoms with Gasteiger partial charge in [0.2, 0.25) is 0 Å². The van der Waals surface area contributed by atoms with Crippen molar-refractivity contribution in [2.75, 3.05) is 5.32 Å². The van der Waals surface area contributed by atoms with Crippen LogP contribution >= 0.6 is 0 Å².